The predicted molar refractivity (Wildman–Crippen MR) is 98.0 cm³/mol. The third-order valence-corrected chi connectivity index (χ3v) is 3.76. The number of carboxylic acids is 1. The topological polar surface area (TPSA) is 75.5 Å². The van der Waals surface area contributed by atoms with Crippen LogP contribution in [-0.4, -0.2) is 33.9 Å². The van der Waals surface area contributed by atoms with Crippen LogP contribution in [0.3, 0.4) is 0 Å². The Morgan fingerprint density at radius 2 is 1.88 bits per heavy atom. The van der Waals surface area contributed by atoms with Gasteiger partial charge in [-0.2, -0.15) is 0 Å². The van der Waals surface area contributed by atoms with E-state index in [0.717, 1.165) is 17.0 Å². The number of hydrogen-bond donors (Lipinski definition) is 1. The normalized spacial score (nSPS) is 11.0. The first-order chi connectivity index (χ1) is 11.8. The maximum Gasteiger partial charge on any atom is 0.356 e. The molecule has 0 aliphatic carbocycles. The van der Waals surface area contributed by atoms with Crippen molar-refractivity contribution < 1.29 is 14.6 Å². The van der Waals surface area contributed by atoms with Crippen molar-refractivity contribution in [2.24, 2.45) is 0 Å². The number of aromatic nitrogens is 2. The Morgan fingerprint density at radius 3 is 2.36 bits per heavy atom. The van der Waals surface area contributed by atoms with E-state index in [1.165, 1.54) is 6.07 Å². The number of ether oxygens (including phenoxy) is 1. The van der Waals surface area contributed by atoms with Crippen molar-refractivity contribution in [2.75, 3.05) is 11.4 Å². The molecule has 0 aliphatic heterocycles. The Hall–Kier alpha value is -2.63. The molecule has 0 unspecified atom stereocenters. The first-order valence-electron chi connectivity index (χ1n) is 8.48. The molecule has 0 saturated carbocycles. The summed E-state index contributed by atoms with van der Waals surface area (Å²) in [5.41, 5.74) is 2.01. The fourth-order valence-electron chi connectivity index (χ4n) is 2.58. The monoisotopic (exact) mass is 343 g/mol. The van der Waals surface area contributed by atoms with E-state index < -0.39 is 5.97 Å². The molecule has 0 bridgehead atoms. The molecule has 1 heterocycles. The highest BCUT2D eigenvalue weighted by molar-refractivity contribution is 5.85. The zero-order valence-electron chi connectivity index (χ0n) is 15.4. The van der Waals surface area contributed by atoms with E-state index in [9.17, 15) is 4.79 Å². The SMILES string of the molecule is CCN(c1ccc(C(C)C)c(OC(C)C)c1)c1ccc(C(=O)O)nn1. The van der Waals surface area contributed by atoms with Gasteiger partial charge in [-0.1, -0.05) is 19.9 Å². The maximum atomic E-state index is 10.9. The predicted octanol–water partition coefficient (Wildman–Crippen LogP) is 4.24. The molecule has 0 radical (unpaired) electrons. The van der Waals surface area contributed by atoms with Crippen LogP contribution in [0, 0.1) is 0 Å². The van der Waals surface area contributed by atoms with Crippen LogP contribution in [0.25, 0.3) is 0 Å². The molecule has 0 spiro atoms. The second-order valence-corrected chi connectivity index (χ2v) is 6.37. The van der Waals surface area contributed by atoms with E-state index in [2.05, 4.69) is 30.1 Å². The average Bonchev–Trinajstić information content (AvgIpc) is 2.55. The van der Waals surface area contributed by atoms with Crippen LogP contribution in [0.5, 0.6) is 5.75 Å². The number of carboxylic acid groups (broad SMARTS) is 1. The second kappa shape index (κ2) is 7.96. The lowest BCUT2D eigenvalue weighted by Gasteiger charge is -2.24. The third kappa shape index (κ3) is 4.47. The second-order valence-electron chi connectivity index (χ2n) is 6.37. The number of hydrogen-bond acceptors (Lipinski definition) is 5. The van der Waals surface area contributed by atoms with E-state index in [-0.39, 0.29) is 11.8 Å². The van der Waals surface area contributed by atoms with E-state index >= 15 is 0 Å². The summed E-state index contributed by atoms with van der Waals surface area (Å²) in [7, 11) is 0. The highest BCUT2D eigenvalue weighted by Crippen LogP contribution is 2.33. The van der Waals surface area contributed by atoms with Crippen molar-refractivity contribution >= 4 is 17.5 Å². The fourth-order valence-corrected chi connectivity index (χ4v) is 2.58. The van der Waals surface area contributed by atoms with Gasteiger partial charge < -0.3 is 14.7 Å². The molecule has 2 aromatic rings. The molecule has 0 fully saturated rings. The Balaban J connectivity index is 2.41. The molecule has 1 N–H and O–H groups in total. The van der Waals surface area contributed by atoms with Gasteiger partial charge in [-0.3, -0.25) is 0 Å². The van der Waals surface area contributed by atoms with E-state index in [0.29, 0.717) is 18.3 Å². The minimum Gasteiger partial charge on any atom is -0.491 e. The van der Waals surface area contributed by atoms with Crippen molar-refractivity contribution in [2.45, 2.75) is 46.6 Å². The van der Waals surface area contributed by atoms with Crippen molar-refractivity contribution in [1.29, 1.82) is 0 Å². The molecule has 0 amide bonds. The molecule has 6 heteroatoms. The number of aromatic carboxylic acids is 1. The minimum atomic E-state index is -1.09. The van der Waals surface area contributed by atoms with Gasteiger partial charge in [0.05, 0.1) is 6.10 Å². The molecule has 1 aromatic carbocycles. The quantitative estimate of drug-likeness (QED) is 0.810. The highest BCUT2D eigenvalue weighted by atomic mass is 16.5. The van der Waals surface area contributed by atoms with Gasteiger partial charge in [-0.05, 0) is 50.5 Å². The van der Waals surface area contributed by atoms with Gasteiger partial charge in [-0.15, -0.1) is 10.2 Å². The van der Waals surface area contributed by atoms with Crippen molar-refractivity contribution in [3.8, 4) is 5.75 Å². The lowest BCUT2D eigenvalue weighted by molar-refractivity contribution is 0.0689. The fraction of sp³-hybridized carbons (Fsp3) is 0.421. The van der Waals surface area contributed by atoms with E-state index in [1.54, 1.807) is 6.07 Å². The lowest BCUT2D eigenvalue weighted by Crippen LogP contribution is -2.19. The Morgan fingerprint density at radius 1 is 1.16 bits per heavy atom. The van der Waals surface area contributed by atoms with Gasteiger partial charge in [-0.25, -0.2) is 4.79 Å². The molecule has 0 saturated heterocycles. The molecule has 0 aliphatic rings. The molecule has 6 nitrogen and oxygen atoms in total. The molecule has 134 valence electrons. The number of carbonyl (C=O) groups is 1. The Labute approximate surface area is 148 Å². The molecular formula is C19H25N3O3. The van der Waals surface area contributed by atoms with Crippen molar-refractivity contribution in [1.82, 2.24) is 10.2 Å². The van der Waals surface area contributed by atoms with Crippen molar-refractivity contribution in [3.63, 3.8) is 0 Å². The summed E-state index contributed by atoms with van der Waals surface area (Å²) >= 11 is 0. The average molecular weight is 343 g/mol. The molecule has 1 aromatic heterocycles. The molecule has 0 atom stereocenters. The highest BCUT2D eigenvalue weighted by Gasteiger charge is 2.16. The van der Waals surface area contributed by atoms with E-state index in [4.69, 9.17) is 9.84 Å². The summed E-state index contributed by atoms with van der Waals surface area (Å²) in [5.74, 6) is 0.722. The number of anilines is 2. The van der Waals surface area contributed by atoms with E-state index in [1.807, 2.05) is 37.8 Å². The van der Waals surface area contributed by atoms with Gasteiger partial charge in [0, 0.05) is 18.3 Å². The molecular weight excluding hydrogens is 318 g/mol. The number of rotatable bonds is 7. The van der Waals surface area contributed by atoms with Crippen LogP contribution in [0.1, 0.15) is 56.6 Å². The minimum absolute atomic E-state index is 0.0706. The van der Waals surface area contributed by atoms with Crippen molar-refractivity contribution in [3.05, 3.63) is 41.6 Å². The number of nitrogens with zero attached hydrogens (tertiary/aromatic N) is 3. The van der Waals surface area contributed by atoms with Gasteiger partial charge in [0.25, 0.3) is 0 Å². The largest absolute Gasteiger partial charge is 0.491 e. The first kappa shape index (κ1) is 18.7. The summed E-state index contributed by atoms with van der Waals surface area (Å²) in [6.45, 7) is 11.0. The number of benzene rings is 1. The maximum absolute atomic E-state index is 10.9. The van der Waals surface area contributed by atoms with Crippen LogP contribution in [0.2, 0.25) is 0 Å². The standard InChI is InChI=1S/C19H25N3O3/c1-6-22(18-10-9-16(19(23)24)20-21-18)14-7-8-15(12(2)3)17(11-14)25-13(4)5/h7-13H,6H2,1-5H3,(H,23,24). The van der Waals surface area contributed by atoms with Gasteiger partial charge >= 0.3 is 5.97 Å². The smallest absolute Gasteiger partial charge is 0.356 e. The third-order valence-electron chi connectivity index (χ3n) is 3.76. The van der Waals surface area contributed by atoms with Gasteiger partial charge in [0.2, 0.25) is 0 Å². The van der Waals surface area contributed by atoms with Gasteiger partial charge in [0.15, 0.2) is 11.5 Å². The molecule has 25 heavy (non-hydrogen) atoms. The van der Waals surface area contributed by atoms with Crippen LogP contribution < -0.4 is 9.64 Å². The van der Waals surface area contributed by atoms with Crippen LogP contribution in [0.15, 0.2) is 30.3 Å². The van der Waals surface area contributed by atoms with Gasteiger partial charge in [0.1, 0.15) is 5.75 Å². The zero-order valence-corrected chi connectivity index (χ0v) is 15.4. The summed E-state index contributed by atoms with van der Waals surface area (Å²) in [5, 5.41) is 16.8. The van der Waals surface area contributed by atoms with Crippen LogP contribution in [0.4, 0.5) is 11.5 Å². The lowest BCUT2D eigenvalue weighted by atomic mass is 10.0. The summed E-state index contributed by atoms with van der Waals surface area (Å²) in [6.07, 6.45) is 0.0810. The van der Waals surface area contributed by atoms with Crippen LogP contribution >= 0.6 is 0 Å². The zero-order chi connectivity index (χ0) is 18.6. The first-order valence-corrected chi connectivity index (χ1v) is 8.48. The Kier molecular flexibility index (Phi) is 5.96. The summed E-state index contributed by atoms with van der Waals surface area (Å²) in [4.78, 5) is 12.9. The Bertz CT molecular complexity index is 727. The molecule has 2 rings (SSSR count). The summed E-state index contributed by atoms with van der Waals surface area (Å²) < 4.78 is 5.99. The summed E-state index contributed by atoms with van der Waals surface area (Å²) in [6, 6.07) is 9.23. The van der Waals surface area contributed by atoms with Crippen LogP contribution in [-0.2, 0) is 0 Å².